The first kappa shape index (κ1) is 12.4. The molecule has 2 rings (SSSR count). The lowest BCUT2D eigenvalue weighted by atomic mass is 10.1. The molecule has 0 bridgehead atoms. The number of hydrogen-bond acceptors (Lipinski definition) is 3. The second kappa shape index (κ2) is 6.03. The van der Waals surface area contributed by atoms with Gasteiger partial charge in [0.2, 0.25) is 0 Å². The van der Waals surface area contributed by atoms with Crippen LogP contribution in [0, 0.1) is 0 Å². The van der Waals surface area contributed by atoms with E-state index in [1.807, 2.05) is 12.1 Å². The highest BCUT2D eigenvalue weighted by atomic mass is 16.5. The Morgan fingerprint density at radius 2 is 1.94 bits per heavy atom. The van der Waals surface area contributed by atoms with Crippen molar-refractivity contribution in [3.05, 3.63) is 29.8 Å². The number of benzene rings is 1. The monoisotopic (exact) mass is 235 g/mol. The molecule has 3 heteroatoms. The van der Waals surface area contributed by atoms with Crippen molar-refractivity contribution in [3.8, 4) is 5.75 Å². The predicted molar refractivity (Wildman–Crippen MR) is 68.4 cm³/mol. The summed E-state index contributed by atoms with van der Waals surface area (Å²) in [5, 5.41) is 9.02. The van der Waals surface area contributed by atoms with E-state index in [1.54, 1.807) is 7.11 Å². The maximum atomic E-state index is 9.02. The van der Waals surface area contributed by atoms with Crippen molar-refractivity contribution in [2.45, 2.75) is 25.3 Å². The molecule has 0 spiro atoms. The number of aliphatic hydroxyl groups excluding tert-OH is 1. The van der Waals surface area contributed by atoms with Crippen LogP contribution in [0.3, 0.4) is 0 Å². The topological polar surface area (TPSA) is 32.7 Å². The summed E-state index contributed by atoms with van der Waals surface area (Å²) in [7, 11) is 1.69. The molecule has 0 heterocycles. The van der Waals surface area contributed by atoms with Gasteiger partial charge in [0.05, 0.1) is 13.7 Å². The molecule has 0 saturated heterocycles. The SMILES string of the molecule is COc1ccc(CCN(CCO)C2CC2)cc1. The first-order chi connectivity index (χ1) is 8.33. The minimum absolute atomic E-state index is 0.263. The maximum Gasteiger partial charge on any atom is 0.118 e. The summed E-state index contributed by atoms with van der Waals surface area (Å²) in [5.74, 6) is 0.906. The van der Waals surface area contributed by atoms with Crippen molar-refractivity contribution >= 4 is 0 Å². The normalized spacial score (nSPS) is 15.2. The predicted octanol–water partition coefficient (Wildman–Crippen LogP) is 1.69. The largest absolute Gasteiger partial charge is 0.497 e. The van der Waals surface area contributed by atoms with Gasteiger partial charge in [0.25, 0.3) is 0 Å². The molecule has 0 aromatic heterocycles. The van der Waals surface area contributed by atoms with Crippen molar-refractivity contribution in [3.63, 3.8) is 0 Å². The summed E-state index contributed by atoms with van der Waals surface area (Å²) in [6, 6.07) is 8.96. The van der Waals surface area contributed by atoms with E-state index in [1.165, 1.54) is 18.4 Å². The molecule has 1 aromatic carbocycles. The molecule has 0 amide bonds. The molecule has 1 N–H and O–H groups in total. The Labute approximate surface area is 103 Å². The van der Waals surface area contributed by atoms with Gasteiger partial charge in [0.15, 0.2) is 0 Å². The third-order valence-corrected chi connectivity index (χ3v) is 3.30. The quantitative estimate of drug-likeness (QED) is 0.780. The highest BCUT2D eigenvalue weighted by Crippen LogP contribution is 2.26. The highest BCUT2D eigenvalue weighted by Gasteiger charge is 2.27. The van der Waals surface area contributed by atoms with Crippen LogP contribution in [0.1, 0.15) is 18.4 Å². The fraction of sp³-hybridized carbons (Fsp3) is 0.571. The maximum absolute atomic E-state index is 9.02. The van der Waals surface area contributed by atoms with Gasteiger partial charge in [-0.05, 0) is 37.0 Å². The molecule has 0 unspecified atom stereocenters. The first-order valence-corrected chi connectivity index (χ1v) is 6.31. The smallest absolute Gasteiger partial charge is 0.118 e. The molecule has 1 aliphatic rings. The van der Waals surface area contributed by atoms with Gasteiger partial charge >= 0.3 is 0 Å². The van der Waals surface area contributed by atoms with Crippen LogP contribution < -0.4 is 4.74 Å². The Hall–Kier alpha value is -1.06. The van der Waals surface area contributed by atoms with E-state index in [0.717, 1.165) is 31.3 Å². The summed E-state index contributed by atoms with van der Waals surface area (Å²) in [6.45, 7) is 2.11. The Kier molecular flexibility index (Phi) is 4.40. The molecule has 1 saturated carbocycles. The summed E-state index contributed by atoms with van der Waals surface area (Å²) < 4.78 is 5.14. The number of nitrogens with zero attached hydrogens (tertiary/aromatic N) is 1. The van der Waals surface area contributed by atoms with Gasteiger partial charge in [-0.25, -0.2) is 0 Å². The van der Waals surface area contributed by atoms with E-state index in [0.29, 0.717) is 0 Å². The molecular formula is C14H21NO2. The van der Waals surface area contributed by atoms with E-state index in [9.17, 15) is 0 Å². The van der Waals surface area contributed by atoms with Crippen molar-refractivity contribution in [1.29, 1.82) is 0 Å². The van der Waals surface area contributed by atoms with Gasteiger partial charge in [0, 0.05) is 19.1 Å². The van der Waals surface area contributed by atoms with Crippen molar-refractivity contribution in [2.24, 2.45) is 0 Å². The fourth-order valence-corrected chi connectivity index (χ4v) is 2.11. The van der Waals surface area contributed by atoms with Crippen LogP contribution in [0.2, 0.25) is 0 Å². The van der Waals surface area contributed by atoms with E-state index in [4.69, 9.17) is 9.84 Å². The van der Waals surface area contributed by atoms with Crippen LogP contribution in [0.5, 0.6) is 5.75 Å². The zero-order chi connectivity index (χ0) is 12.1. The fourth-order valence-electron chi connectivity index (χ4n) is 2.11. The Bertz CT molecular complexity index is 333. The molecule has 1 aliphatic carbocycles. The lowest BCUT2D eigenvalue weighted by Gasteiger charge is -2.20. The molecule has 1 aromatic rings. The third kappa shape index (κ3) is 3.72. The van der Waals surface area contributed by atoms with Gasteiger partial charge in [-0.3, -0.25) is 4.90 Å². The lowest BCUT2D eigenvalue weighted by molar-refractivity contribution is 0.190. The Morgan fingerprint density at radius 1 is 1.24 bits per heavy atom. The van der Waals surface area contributed by atoms with Gasteiger partial charge < -0.3 is 9.84 Å². The number of ether oxygens (including phenoxy) is 1. The molecule has 17 heavy (non-hydrogen) atoms. The van der Waals surface area contributed by atoms with Gasteiger partial charge in [0.1, 0.15) is 5.75 Å². The average Bonchev–Trinajstić information content (AvgIpc) is 3.19. The highest BCUT2D eigenvalue weighted by molar-refractivity contribution is 5.27. The lowest BCUT2D eigenvalue weighted by Crippen LogP contribution is -2.31. The summed E-state index contributed by atoms with van der Waals surface area (Å²) >= 11 is 0. The number of methoxy groups -OCH3 is 1. The standard InChI is InChI=1S/C14H21NO2/c1-17-14-6-2-12(3-7-14)8-9-15(10-11-16)13-4-5-13/h2-3,6-7,13,16H,4-5,8-11H2,1H3. The molecular weight excluding hydrogens is 214 g/mol. The molecule has 3 nitrogen and oxygen atoms in total. The zero-order valence-corrected chi connectivity index (χ0v) is 10.4. The molecule has 0 atom stereocenters. The molecule has 94 valence electrons. The second-order valence-electron chi connectivity index (χ2n) is 4.59. The Morgan fingerprint density at radius 3 is 2.47 bits per heavy atom. The van der Waals surface area contributed by atoms with Crippen LogP contribution in [-0.4, -0.2) is 42.9 Å². The summed E-state index contributed by atoms with van der Waals surface area (Å²) in [5.41, 5.74) is 1.33. The van der Waals surface area contributed by atoms with Crippen molar-refractivity contribution in [1.82, 2.24) is 4.90 Å². The average molecular weight is 235 g/mol. The van der Waals surface area contributed by atoms with E-state index in [-0.39, 0.29) is 6.61 Å². The van der Waals surface area contributed by atoms with Crippen molar-refractivity contribution in [2.75, 3.05) is 26.8 Å². The molecule has 0 radical (unpaired) electrons. The summed E-state index contributed by atoms with van der Waals surface area (Å²) in [6.07, 6.45) is 3.63. The first-order valence-electron chi connectivity index (χ1n) is 6.31. The second-order valence-corrected chi connectivity index (χ2v) is 4.59. The molecule has 1 fully saturated rings. The summed E-state index contributed by atoms with van der Waals surface area (Å²) in [4.78, 5) is 2.39. The van der Waals surface area contributed by atoms with Crippen LogP contribution in [0.4, 0.5) is 0 Å². The van der Waals surface area contributed by atoms with Crippen molar-refractivity contribution < 1.29 is 9.84 Å². The van der Waals surface area contributed by atoms with Gasteiger partial charge in [-0.1, -0.05) is 12.1 Å². The van der Waals surface area contributed by atoms with Crippen LogP contribution in [0.15, 0.2) is 24.3 Å². The number of rotatable bonds is 7. The number of hydrogen-bond donors (Lipinski definition) is 1. The van der Waals surface area contributed by atoms with E-state index < -0.39 is 0 Å². The van der Waals surface area contributed by atoms with Gasteiger partial charge in [-0.2, -0.15) is 0 Å². The number of aliphatic hydroxyl groups is 1. The molecule has 0 aliphatic heterocycles. The minimum Gasteiger partial charge on any atom is -0.497 e. The third-order valence-electron chi connectivity index (χ3n) is 3.30. The zero-order valence-electron chi connectivity index (χ0n) is 10.4. The van der Waals surface area contributed by atoms with E-state index in [2.05, 4.69) is 17.0 Å². The van der Waals surface area contributed by atoms with Crippen LogP contribution in [0.25, 0.3) is 0 Å². The van der Waals surface area contributed by atoms with Crippen LogP contribution in [-0.2, 0) is 6.42 Å². The van der Waals surface area contributed by atoms with Gasteiger partial charge in [-0.15, -0.1) is 0 Å². The van der Waals surface area contributed by atoms with E-state index >= 15 is 0 Å². The van der Waals surface area contributed by atoms with Crippen LogP contribution >= 0.6 is 0 Å². The Balaban J connectivity index is 1.82. The minimum atomic E-state index is 0.263.